The molecule has 0 unspecified atom stereocenters. The van der Waals surface area contributed by atoms with E-state index >= 15 is 0 Å². The molecule has 0 aliphatic carbocycles. The van der Waals surface area contributed by atoms with Crippen LogP contribution in [0.25, 0.3) is 5.70 Å². The van der Waals surface area contributed by atoms with Crippen molar-refractivity contribution in [2.45, 2.75) is 0 Å². The van der Waals surface area contributed by atoms with Gasteiger partial charge in [0.2, 0.25) is 5.91 Å². The molecule has 0 spiro atoms. The lowest BCUT2D eigenvalue weighted by atomic mass is 10.1. The molecule has 2 aromatic rings. The summed E-state index contributed by atoms with van der Waals surface area (Å²) < 4.78 is 0. The van der Waals surface area contributed by atoms with Crippen LogP contribution < -0.4 is 4.90 Å². The van der Waals surface area contributed by atoms with E-state index in [9.17, 15) is 9.59 Å². The molecule has 2 aromatic carbocycles. The summed E-state index contributed by atoms with van der Waals surface area (Å²) in [6.07, 6.45) is 0. The number of anilines is 1. The molecule has 0 bridgehead atoms. The van der Waals surface area contributed by atoms with Crippen LogP contribution in [-0.4, -0.2) is 54.3 Å². The van der Waals surface area contributed by atoms with E-state index in [4.69, 9.17) is 0 Å². The molecule has 2 heterocycles. The van der Waals surface area contributed by atoms with Gasteiger partial charge in [-0.1, -0.05) is 43.0 Å². The number of piperazine rings is 1. The molecule has 0 radical (unpaired) electrons. The molecule has 0 aromatic heterocycles. The van der Waals surface area contributed by atoms with Gasteiger partial charge in [0.1, 0.15) is 6.54 Å². The van der Waals surface area contributed by atoms with E-state index in [1.807, 2.05) is 41.3 Å². The third kappa shape index (κ3) is 2.86. The molecule has 2 aliphatic heterocycles. The van der Waals surface area contributed by atoms with Gasteiger partial charge < -0.3 is 9.80 Å². The van der Waals surface area contributed by atoms with Gasteiger partial charge in [-0.3, -0.25) is 14.5 Å². The largest absolute Gasteiger partial charge is 0.368 e. The zero-order valence-electron chi connectivity index (χ0n) is 14.6. The number of hydrogen-bond acceptors (Lipinski definition) is 3. The summed E-state index contributed by atoms with van der Waals surface area (Å²) in [5, 5.41) is 0. The Morgan fingerprint density at radius 2 is 1.50 bits per heavy atom. The number of amides is 2. The Morgan fingerprint density at radius 1 is 0.885 bits per heavy atom. The lowest BCUT2D eigenvalue weighted by Crippen LogP contribution is -2.51. The number of para-hydroxylation sites is 1. The molecule has 5 heteroatoms. The maximum atomic E-state index is 12.7. The lowest BCUT2D eigenvalue weighted by molar-refractivity contribution is -0.131. The molecule has 1 fully saturated rings. The first-order valence-electron chi connectivity index (χ1n) is 8.83. The summed E-state index contributed by atoms with van der Waals surface area (Å²) in [7, 11) is 0. The average Bonchev–Trinajstić information content (AvgIpc) is 2.94. The minimum atomic E-state index is -0.137. The van der Waals surface area contributed by atoms with Crippen LogP contribution >= 0.6 is 0 Å². The number of benzene rings is 2. The first-order chi connectivity index (χ1) is 12.6. The fourth-order valence-electron chi connectivity index (χ4n) is 3.59. The number of carbonyl (C=O) groups is 2. The highest BCUT2D eigenvalue weighted by molar-refractivity contribution is 6.10. The Bertz CT molecular complexity index is 820. The second-order valence-corrected chi connectivity index (χ2v) is 6.59. The first-order valence-corrected chi connectivity index (χ1v) is 8.83. The van der Waals surface area contributed by atoms with Crippen LogP contribution in [0.4, 0.5) is 5.69 Å². The van der Waals surface area contributed by atoms with Gasteiger partial charge in [-0.2, -0.15) is 0 Å². The number of rotatable bonds is 3. The highest BCUT2D eigenvalue weighted by atomic mass is 16.2. The summed E-state index contributed by atoms with van der Waals surface area (Å²) in [4.78, 5) is 30.9. The number of nitrogens with zero attached hydrogens (tertiary/aromatic N) is 3. The van der Waals surface area contributed by atoms with Crippen LogP contribution in [0.5, 0.6) is 0 Å². The van der Waals surface area contributed by atoms with Crippen molar-refractivity contribution in [2.75, 3.05) is 37.6 Å². The molecule has 2 aliphatic rings. The standard InChI is InChI=1S/C21H21N3O2/c1-16-18-9-5-6-10-19(18)21(26)24(16)15-20(25)23-13-11-22(12-14-23)17-7-3-2-4-8-17/h2-10H,1,11-15H2. The normalized spacial score (nSPS) is 16.8. The molecule has 4 rings (SSSR count). The monoisotopic (exact) mass is 347 g/mol. The number of carbonyl (C=O) groups excluding carboxylic acids is 2. The summed E-state index contributed by atoms with van der Waals surface area (Å²) in [5.74, 6) is -0.165. The Kier molecular flexibility index (Phi) is 4.21. The van der Waals surface area contributed by atoms with Crippen molar-refractivity contribution in [3.8, 4) is 0 Å². The Morgan fingerprint density at radius 3 is 2.15 bits per heavy atom. The summed E-state index contributed by atoms with van der Waals surface area (Å²) in [5.41, 5.74) is 3.23. The van der Waals surface area contributed by atoms with Crippen LogP contribution in [0, 0.1) is 0 Å². The number of hydrogen-bond donors (Lipinski definition) is 0. The third-order valence-electron chi connectivity index (χ3n) is 5.09. The smallest absolute Gasteiger partial charge is 0.259 e. The molecule has 0 atom stereocenters. The molecular weight excluding hydrogens is 326 g/mol. The maximum absolute atomic E-state index is 12.7. The van der Waals surface area contributed by atoms with Crippen molar-refractivity contribution < 1.29 is 9.59 Å². The lowest BCUT2D eigenvalue weighted by Gasteiger charge is -2.36. The third-order valence-corrected chi connectivity index (χ3v) is 5.09. The molecule has 5 nitrogen and oxygen atoms in total. The van der Waals surface area contributed by atoms with Crippen LogP contribution in [0.1, 0.15) is 15.9 Å². The second-order valence-electron chi connectivity index (χ2n) is 6.59. The zero-order chi connectivity index (χ0) is 18.1. The molecule has 0 saturated carbocycles. The Hall–Kier alpha value is -3.08. The molecule has 0 N–H and O–H groups in total. The van der Waals surface area contributed by atoms with E-state index in [1.165, 1.54) is 10.6 Å². The van der Waals surface area contributed by atoms with E-state index in [2.05, 4.69) is 23.6 Å². The van der Waals surface area contributed by atoms with Gasteiger partial charge in [-0.25, -0.2) is 0 Å². The van der Waals surface area contributed by atoms with Crippen molar-refractivity contribution in [3.63, 3.8) is 0 Å². The predicted octanol–water partition coefficient (Wildman–Crippen LogP) is 2.46. The molecule has 26 heavy (non-hydrogen) atoms. The summed E-state index contributed by atoms with van der Waals surface area (Å²) >= 11 is 0. The topological polar surface area (TPSA) is 43.9 Å². The van der Waals surface area contributed by atoms with Gasteiger partial charge in [0.25, 0.3) is 5.91 Å². The predicted molar refractivity (Wildman–Crippen MR) is 102 cm³/mol. The minimum Gasteiger partial charge on any atom is -0.368 e. The minimum absolute atomic E-state index is 0.0278. The molecule has 132 valence electrons. The van der Waals surface area contributed by atoms with Gasteiger partial charge in [-0.15, -0.1) is 0 Å². The van der Waals surface area contributed by atoms with Crippen molar-refractivity contribution in [1.82, 2.24) is 9.80 Å². The molecule has 2 amide bonds. The van der Waals surface area contributed by atoms with Gasteiger partial charge in [0.05, 0.1) is 0 Å². The summed E-state index contributed by atoms with van der Waals surface area (Å²) in [6.45, 7) is 6.97. The molecular formula is C21H21N3O2. The van der Waals surface area contributed by atoms with E-state index < -0.39 is 0 Å². The van der Waals surface area contributed by atoms with E-state index in [1.54, 1.807) is 6.07 Å². The van der Waals surface area contributed by atoms with E-state index in [0.29, 0.717) is 24.4 Å². The van der Waals surface area contributed by atoms with Crippen LogP contribution in [0.3, 0.4) is 0 Å². The quantitative estimate of drug-likeness (QED) is 0.857. The van der Waals surface area contributed by atoms with Crippen molar-refractivity contribution in [1.29, 1.82) is 0 Å². The maximum Gasteiger partial charge on any atom is 0.259 e. The van der Waals surface area contributed by atoms with Crippen LogP contribution in [0.2, 0.25) is 0 Å². The first kappa shape index (κ1) is 16.4. The van der Waals surface area contributed by atoms with Crippen LogP contribution in [-0.2, 0) is 4.79 Å². The fraction of sp³-hybridized carbons (Fsp3) is 0.238. The van der Waals surface area contributed by atoms with Gasteiger partial charge in [-0.05, 0) is 18.2 Å². The van der Waals surface area contributed by atoms with Gasteiger partial charge in [0, 0.05) is 48.7 Å². The Labute approximate surface area is 153 Å². The van der Waals surface area contributed by atoms with E-state index in [0.717, 1.165) is 18.7 Å². The highest BCUT2D eigenvalue weighted by Crippen LogP contribution is 2.31. The number of fused-ring (bicyclic) bond motifs is 1. The highest BCUT2D eigenvalue weighted by Gasteiger charge is 2.33. The van der Waals surface area contributed by atoms with Gasteiger partial charge >= 0.3 is 0 Å². The van der Waals surface area contributed by atoms with E-state index in [-0.39, 0.29) is 18.4 Å². The van der Waals surface area contributed by atoms with Crippen molar-refractivity contribution in [2.24, 2.45) is 0 Å². The Balaban J connectivity index is 1.38. The SMILES string of the molecule is C=C1c2ccccc2C(=O)N1CC(=O)N1CCN(c2ccccc2)CC1. The molecule has 1 saturated heterocycles. The fourth-order valence-corrected chi connectivity index (χ4v) is 3.59. The zero-order valence-corrected chi connectivity index (χ0v) is 14.6. The van der Waals surface area contributed by atoms with Crippen molar-refractivity contribution >= 4 is 23.2 Å². The summed E-state index contributed by atoms with van der Waals surface area (Å²) in [6, 6.07) is 17.6. The van der Waals surface area contributed by atoms with Gasteiger partial charge in [0.15, 0.2) is 0 Å². The van der Waals surface area contributed by atoms with Crippen LogP contribution in [0.15, 0.2) is 61.2 Å². The van der Waals surface area contributed by atoms with Crippen molar-refractivity contribution in [3.05, 3.63) is 72.3 Å². The second kappa shape index (κ2) is 6.67. The average molecular weight is 347 g/mol.